The molecule has 0 amide bonds. The van der Waals surface area contributed by atoms with Crippen molar-refractivity contribution in [3.8, 4) is 23.0 Å². The third kappa shape index (κ3) is 9.33. The van der Waals surface area contributed by atoms with Gasteiger partial charge >= 0.3 is 59.1 Å². The molecule has 0 saturated heterocycles. The van der Waals surface area contributed by atoms with Crippen LogP contribution in [-0.2, 0) is 20.2 Å². The summed E-state index contributed by atoms with van der Waals surface area (Å²) in [5, 5.41) is 0. The van der Waals surface area contributed by atoms with E-state index in [0.29, 0.717) is 11.4 Å². The molecule has 0 bridgehead atoms. The van der Waals surface area contributed by atoms with Gasteiger partial charge in [-0.3, -0.25) is 9.59 Å². The van der Waals surface area contributed by atoms with E-state index in [-0.39, 0.29) is 104 Å². The van der Waals surface area contributed by atoms with Crippen LogP contribution in [0, 0.1) is 0 Å². The molecule has 0 heterocycles. The van der Waals surface area contributed by atoms with Crippen LogP contribution in [-0.4, -0.2) is 37.5 Å². The maximum Gasteiger partial charge on any atom is 1.00 e. The second-order valence-corrected chi connectivity index (χ2v) is 12.5. The average molecular weight is 705 g/mol. The molecular formula is C32H22N2Na2O10S2. The van der Waals surface area contributed by atoms with Crippen molar-refractivity contribution < 1.29 is 104 Å². The summed E-state index contributed by atoms with van der Waals surface area (Å²) in [6, 6.07) is 23.9. The van der Waals surface area contributed by atoms with E-state index in [9.17, 15) is 35.5 Å². The first-order valence-corrected chi connectivity index (χ1v) is 16.0. The van der Waals surface area contributed by atoms with Crippen LogP contribution >= 0.6 is 0 Å². The van der Waals surface area contributed by atoms with Crippen LogP contribution in [0.15, 0.2) is 119 Å². The molecule has 5 aromatic rings. The van der Waals surface area contributed by atoms with E-state index >= 15 is 0 Å². The number of anilines is 2. The number of carbonyl (C=O) groups is 2. The fourth-order valence-electron chi connectivity index (χ4n) is 4.29. The maximum absolute atomic E-state index is 13.2. The molecule has 0 aliphatic rings. The summed E-state index contributed by atoms with van der Waals surface area (Å²) in [7, 11) is -10.1. The summed E-state index contributed by atoms with van der Waals surface area (Å²) in [6.45, 7) is 0. The molecule has 4 N–H and O–H groups in total. The Hall–Kier alpha value is -3.54. The largest absolute Gasteiger partial charge is 1.00 e. The van der Waals surface area contributed by atoms with Gasteiger partial charge in [-0.2, -0.15) is 0 Å². The van der Waals surface area contributed by atoms with Crippen LogP contribution < -0.4 is 80.1 Å². The van der Waals surface area contributed by atoms with E-state index in [1.165, 1.54) is 97.1 Å². The van der Waals surface area contributed by atoms with Gasteiger partial charge in [-0.1, -0.05) is 24.3 Å². The molecule has 0 unspecified atom stereocenters. The quantitative estimate of drug-likeness (QED) is 0.0752. The topological polar surface area (TPSA) is 219 Å². The van der Waals surface area contributed by atoms with Gasteiger partial charge in [-0.25, -0.2) is 16.8 Å². The maximum atomic E-state index is 13.2. The number of carbonyl (C=O) groups excluding carboxylic acids is 2. The number of rotatable bonds is 10. The minimum absolute atomic E-state index is 0. The van der Waals surface area contributed by atoms with Gasteiger partial charge in [-0.15, -0.1) is 0 Å². The SMILES string of the molecule is Nc1ccc(Oc2ccc(C(=O)c3ccc(C(=O)c4ccc(Oc5ccc(N)cc5)c(S(=O)(=O)[O-])c4)cc3)cc2S(=O)(=O)[O-])cc1.[Na+].[Na+]. The summed E-state index contributed by atoms with van der Waals surface area (Å²) < 4.78 is 83.1. The Morgan fingerprint density at radius 1 is 0.479 bits per heavy atom. The van der Waals surface area contributed by atoms with E-state index in [4.69, 9.17) is 20.9 Å². The second-order valence-electron chi connectivity index (χ2n) is 9.81. The van der Waals surface area contributed by atoms with Crippen molar-refractivity contribution in [1.82, 2.24) is 0 Å². The Balaban J connectivity index is 0.00000312. The van der Waals surface area contributed by atoms with Gasteiger partial charge in [0.1, 0.15) is 43.2 Å². The zero-order chi connectivity index (χ0) is 33.2. The van der Waals surface area contributed by atoms with Crippen LogP contribution in [0.1, 0.15) is 31.8 Å². The van der Waals surface area contributed by atoms with E-state index in [1.54, 1.807) is 0 Å². The number of nitrogens with two attached hydrogens (primary N) is 2. The van der Waals surface area contributed by atoms with E-state index in [1.807, 2.05) is 0 Å². The Kier molecular flexibility index (Phi) is 12.8. The summed E-state index contributed by atoms with van der Waals surface area (Å²) in [6.07, 6.45) is 0. The molecule has 5 aromatic carbocycles. The second kappa shape index (κ2) is 15.8. The van der Waals surface area contributed by atoms with Crippen LogP contribution in [0.25, 0.3) is 0 Å². The summed E-state index contributed by atoms with van der Waals surface area (Å²) in [4.78, 5) is 24.9. The first kappa shape index (κ1) is 38.9. The Morgan fingerprint density at radius 2 is 0.771 bits per heavy atom. The third-order valence-corrected chi connectivity index (χ3v) is 8.29. The molecule has 5 rings (SSSR count). The number of ketones is 2. The van der Waals surface area contributed by atoms with Gasteiger partial charge in [0.2, 0.25) is 0 Å². The fourth-order valence-corrected chi connectivity index (χ4v) is 5.54. The number of hydrogen-bond acceptors (Lipinski definition) is 12. The monoisotopic (exact) mass is 704 g/mol. The molecule has 0 fully saturated rings. The first-order valence-electron chi connectivity index (χ1n) is 13.2. The summed E-state index contributed by atoms with van der Waals surface area (Å²) in [5.74, 6) is -1.48. The Morgan fingerprint density at radius 3 is 1.06 bits per heavy atom. The molecule has 0 aliphatic heterocycles. The normalized spacial score (nSPS) is 11.0. The zero-order valence-corrected chi connectivity index (χ0v) is 31.1. The van der Waals surface area contributed by atoms with Crippen molar-refractivity contribution in [2.75, 3.05) is 11.5 Å². The predicted molar refractivity (Wildman–Crippen MR) is 164 cm³/mol. The minimum Gasteiger partial charge on any atom is -0.744 e. The van der Waals surface area contributed by atoms with Gasteiger partial charge in [0.25, 0.3) is 0 Å². The molecule has 0 atom stereocenters. The standard InChI is InChI=1S/C32H24N2O10S2.2Na/c33-23-7-11-25(12-8-23)43-27-15-5-21(17-29(27)45(37,38)39)31(35)19-1-2-20(4-3-19)32(36)22-6-16-28(30(18-22)46(40,41)42)44-26-13-9-24(34)10-14-26;;/h1-18H,33-34H2,(H,37,38,39)(H,40,41,42);;/q;2*+1/p-2. The zero-order valence-electron chi connectivity index (χ0n) is 25.4. The number of nitrogen functional groups attached to an aromatic ring is 2. The number of ether oxygens (including phenoxy) is 2. The van der Waals surface area contributed by atoms with Gasteiger partial charge in [0, 0.05) is 33.6 Å². The van der Waals surface area contributed by atoms with Crippen molar-refractivity contribution in [3.05, 3.63) is 131 Å². The summed E-state index contributed by atoms with van der Waals surface area (Å²) >= 11 is 0. The summed E-state index contributed by atoms with van der Waals surface area (Å²) in [5.41, 5.74) is 12.0. The minimum atomic E-state index is -5.06. The molecular weight excluding hydrogens is 682 g/mol. The van der Waals surface area contributed by atoms with Gasteiger partial charge in [-0.05, 0) is 84.9 Å². The fraction of sp³-hybridized carbons (Fsp3) is 0. The average Bonchev–Trinajstić information content (AvgIpc) is 3.02. The Labute approximate surface area is 320 Å². The molecule has 0 spiro atoms. The molecule has 0 aliphatic carbocycles. The molecule has 0 saturated carbocycles. The van der Waals surface area contributed by atoms with Crippen molar-refractivity contribution in [3.63, 3.8) is 0 Å². The molecule has 16 heteroatoms. The van der Waals surface area contributed by atoms with Crippen LogP contribution in [0.3, 0.4) is 0 Å². The molecule has 12 nitrogen and oxygen atoms in total. The van der Waals surface area contributed by atoms with E-state index in [2.05, 4.69) is 0 Å². The third-order valence-electron chi connectivity index (χ3n) is 6.58. The Bertz CT molecular complexity index is 2040. The number of benzene rings is 5. The van der Waals surface area contributed by atoms with E-state index < -0.39 is 41.6 Å². The van der Waals surface area contributed by atoms with Crippen molar-refractivity contribution in [2.45, 2.75) is 9.79 Å². The molecule has 0 aromatic heterocycles. The molecule has 0 radical (unpaired) electrons. The van der Waals surface area contributed by atoms with Gasteiger partial charge in [0.15, 0.2) is 11.6 Å². The van der Waals surface area contributed by atoms with E-state index in [0.717, 1.165) is 12.1 Å². The van der Waals surface area contributed by atoms with Gasteiger partial charge in [0.05, 0.1) is 9.79 Å². The van der Waals surface area contributed by atoms with Crippen molar-refractivity contribution in [2.24, 2.45) is 0 Å². The van der Waals surface area contributed by atoms with Crippen LogP contribution in [0.4, 0.5) is 11.4 Å². The predicted octanol–water partition coefficient (Wildman–Crippen LogP) is -1.29. The van der Waals surface area contributed by atoms with Gasteiger partial charge < -0.3 is 30.0 Å². The van der Waals surface area contributed by atoms with Crippen LogP contribution in [0.5, 0.6) is 23.0 Å². The smallest absolute Gasteiger partial charge is 0.744 e. The van der Waals surface area contributed by atoms with Crippen molar-refractivity contribution in [1.29, 1.82) is 0 Å². The number of hydrogen-bond donors (Lipinski definition) is 2. The van der Waals surface area contributed by atoms with Crippen molar-refractivity contribution >= 4 is 43.2 Å². The molecule has 48 heavy (non-hydrogen) atoms. The molecule has 234 valence electrons. The first-order chi connectivity index (χ1) is 21.7. The van der Waals surface area contributed by atoms with Crippen LogP contribution in [0.2, 0.25) is 0 Å².